The van der Waals surface area contributed by atoms with E-state index in [0.717, 1.165) is 24.1 Å². The minimum absolute atomic E-state index is 0.00680. The highest BCUT2D eigenvalue weighted by atomic mass is 16.5. The molecule has 0 aromatic heterocycles. The summed E-state index contributed by atoms with van der Waals surface area (Å²) in [6.07, 6.45) is 2.56. The van der Waals surface area contributed by atoms with Crippen molar-refractivity contribution in [2.75, 3.05) is 19.1 Å². The van der Waals surface area contributed by atoms with E-state index in [1.54, 1.807) is 19.1 Å². The van der Waals surface area contributed by atoms with Crippen LogP contribution in [0.1, 0.15) is 51.1 Å². The summed E-state index contributed by atoms with van der Waals surface area (Å²) in [5.41, 5.74) is 1.57. The topological polar surface area (TPSA) is 67.9 Å². The molecule has 2 aromatic carbocycles. The van der Waals surface area contributed by atoms with Gasteiger partial charge in [-0.1, -0.05) is 32.0 Å². The molecule has 1 heterocycles. The Morgan fingerprint density at radius 2 is 1.74 bits per heavy atom. The summed E-state index contributed by atoms with van der Waals surface area (Å²) in [6.45, 7) is 4.14. The highest BCUT2D eigenvalue weighted by Gasteiger charge is 2.42. The summed E-state index contributed by atoms with van der Waals surface area (Å²) in [5.74, 6) is 0.978. The van der Waals surface area contributed by atoms with Crippen molar-refractivity contribution in [3.8, 4) is 11.5 Å². The van der Waals surface area contributed by atoms with E-state index in [-0.39, 0.29) is 23.8 Å². The third-order valence-corrected chi connectivity index (χ3v) is 6.07. The lowest BCUT2D eigenvalue weighted by molar-refractivity contribution is -0.129. The molecule has 1 fully saturated rings. The first-order chi connectivity index (χ1) is 15.0. The number of anilines is 1. The van der Waals surface area contributed by atoms with Crippen molar-refractivity contribution in [3.63, 3.8) is 0 Å². The second-order valence-corrected chi connectivity index (χ2v) is 7.82. The van der Waals surface area contributed by atoms with Crippen LogP contribution in [0.2, 0.25) is 0 Å². The predicted octanol–water partition coefficient (Wildman–Crippen LogP) is 4.49. The minimum Gasteiger partial charge on any atom is -0.497 e. The van der Waals surface area contributed by atoms with Gasteiger partial charge < -0.3 is 19.7 Å². The van der Waals surface area contributed by atoms with Gasteiger partial charge in [-0.2, -0.15) is 0 Å². The fraction of sp³-hybridized carbons (Fsp3) is 0.440. The normalized spacial score (nSPS) is 18.7. The SMILES string of the molecule is CCC(CC)NC(=O)C1CCC(=O)N(c2ccc(OC)cc2)C1c1ccccc1OC. The van der Waals surface area contributed by atoms with Gasteiger partial charge in [-0.05, 0) is 49.6 Å². The van der Waals surface area contributed by atoms with Crippen molar-refractivity contribution in [1.82, 2.24) is 5.32 Å². The number of carbonyl (C=O) groups is 2. The van der Waals surface area contributed by atoms with E-state index in [0.29, 0.717) is 24.3 Å². The highest BCUT2D eigenvalue weighted by Crippen LogP contribution is 2.43. The molecule has 0 saturated carbocycles. The van der Waals surface area contributed by atoms with Crippen LogP contribution in [0, 0.1) is 5.92 Å². The lowest BCUT2D eigenvalue weighted by Gasteiger charge is -2.41. The van der Waals surface area contributed by atoms with Gasteiger partial charge in [0.1, 0.15) is 11.5 Å². The fourth-order valence-electron chi connectivity index (χ4n) is 4.28. The maximum Gasteiger partial charge on any atom is 0.227 e. The van der Waals surface area contributed by atoms with Crippen molar-refractivity contribution >= 4 is 17.5 Å². The van der Waals surface area contributed by atoms with Gasteiger partial charge in [0.05, 0.1) is 26.2 Å². The van der Waals surface area contributed by atoms with E-state index >= 15 is 0 Å². The number of nitrogens with zero attached hydrogens (tertiary/aromatic N) is 1. The van der Waals surface area contributed by atoms with Gasteiger partial charge in [-0.15, -0.1) is 0 Å². The zero-order valence-electron chi connectivity index (χ0n) is 18.8. The summed E-state index contributed by atoms with van der Waals surface area (Å²) in [6, 6.07) is 14.7. The highest BCUT2D eigenvalue weighted by molar-refractivity contribution is 5.97. The summed E-state index contributed by atoms with van der Waals surface area (Å²) < 4.78 is 10.9. The quantitative estimate of drug-likeness (QED) is 0.678. The molecule has 0 radical (unpaired) electrons. The lowest BCUT2D eigenvalue weighted by atomic mass is 9.82. The number of benzene rings is 2. The van der Waals surface area contributed by atoms with E-state index in [1.807, 2.05) is 48.5 Å². The van der Waals surface area contributed by atoms with Gasteiger partial charge in [0.25, 0.3) is 0 Å². The van der Waals surface area contributed by atoms with Crippen LogP contribution in [0.4, 0.5) is 5.69 Å². The van der Waals surface area contributed by atoms with Gasteiger partial charge in [0.2, 0.25) is 11.8 Å². The first kappa shape index (κ1) is 22.7. The number of nitrogens with one attached hydrogen (secondary N) is 1. The van der Waals surface area contributed by atoms with Gasteiger partial charge in [-0.25, -0.2) is 0 Å². The second-order valence-electron chi connectivity index (χ2n) is 7.82. The van der Waals surface area contributed by atoms with Crippen LogP contribution in [0.15, 0.2) is 48.5 Å². The molecule has 2 atom stereocenters. The van der Waals surface area contributed by atoms with E-state index in [2.05, 4.69) is 19.2 Å². The molecule has 1 aliphatic heterocycles. The first-order valence-electron chi connectivity index (χ1n) is 10.9. The number of piperidine rings is 1. The molecule has 0 spiro atoms. The van der Waals surface area contributed by atoms with Crippen LogP contribution >= 0.6 is 0 Å². The Morgan fingerprint density at radius 3 is 2.35 bits per heavy atom. The summed E-state index contributed by atoms with van der Waals surface area (Å²) >= 11 is 0. The van der Waals surface area contributed by atoms with Crippen LogP contribution in [0.3, 0.4) is 0 Å². The Balaban J connectivity index is 2.07. The number of carbonyl (C=O) groups excluding carboxylic acids is 2. The van der Waals surface area contributed by atoms with Gasteiger partial charge in [0.15, 0.2) is 0 Å². The number of hydrogen-bond acceptors (Lipinski definition) is 4. The zero-order valence-corrected chi connectivity index (χ0v) is 18.8. The molecule has 2 aromatic rings. The molecule has 2 amide bonds. The van der Waals surface area contributed by atoms with Crippen molar-refractivity contribution in [2.24, 2.45) is 5.92 Å². The van der Waals surface area contributed by atoms with E-state index in [4.69, 9.17) is 9.47 Å². The zero-order chi connectivity index (χ0) is 22.4. The van der Waals surface area contributed by atoms with Crippen molar-refractivity contribution in [2.45, 2.75) is 51.6 Å². The molecule has 6 heteroatoms. The Morgan fingerprint density at radius 1 is 1.06 bits per heavy atom. The first-order valence-corrected chi connectivity index (χ1v) is 10.9. The maximum absolute atomic E-state index is 13.4. The lowest BCUT2D eigenvalue weighted by Crippen LogP contribution is -2.50. The molecule has 1 saturated heterocycles. The van der Waals surface area contributed by atoms with Crippen molar-refractivity contribution < 1.29 is 19.1 Å². The Labute approximate surface area is 184 Å². The number of hydrogen-bond donors (Lipinski definition) is 1. The molecular formula is C25H32N2O4. The molecule has 31 heavy (non-hydrogen) atoms. The van der Waals surface area contributed by atoms with E-state index in [1.165, 1.54) is 0 Å². The molecule has 0 aliphatic carbocycles. The average molecular weight is 425 g/mol. The van der Waals surface area contributed by atoms with Gasteiger partial charge >= 0.3 is 0 Å². The molecule has 166 valence electrons. The van der Waals surface area contributed by atoms with Gasteiger partial charge in [0, 0.05) is 23.7 Å². The Bertz CT molecular complexity index is 893. The number of ether oxygens (including phenoxy) is 2. The van der Waals surface area contributed by atoms with Crippen LogP contribution in [0.25, 0.3) is 0 Å². The van der Waals surface area contributed by atoms with E-state index < -0.39 is 6.04 Å². The summed E-state index contributed by atoms with van der Waals surface area (Å²) in [5, 5.41) is 3.19. The largest absolute Gasteiger partial charge is 0.497 e. The third kappa shape index (κ3) is 4.84. The van der Waals surface area contributed by atoms with Crippen LogP contribution in [0.5, 0.6) is 11.5 Å². The summed E-state index contributed by atoms with van der Waals surface area (Å²) in [4.78, 5) is 28.3. The molecule has 0 bridgehead atoms. The number of methoxy groups -OCH3 is 2. The number of rotatable bonds is 8. The smallest absolute Gasteiger partial charge is 0.227 e. The van der Waals surface area contributed by atoms with Crippen LogP contribution in [-0.2, 0) is 9.59 Å². The minimum atomic E-state index is -0.458. The monoisotopic (exact) mass is 424 g/mol. The van der Waals surface area contributed by atoms with Crippen molar-refractivity contribution in [3.05, 3.63) is 54.1 Å². The molecular weight excluding hydrogens is 392 g/mol. The molecule has 1 aliphatic rings. The maximum atomic E-state index is 13.4. The Kier molecular flexibility index (Phi) is 7.55. The fourth-order valence-corrected chi connectivity index (χ4v) is 4.28. The van der Waals surface area contributed by atoms with Crippen LogP contribution in [-0.4, -0.2) is 32.1 Å². The standard InChI is InChI=1S/C25H32N2O4/c1-5-17(6-2)26-25(29)21-15-16-23(28)27(18-11-13-19(30-3)14-12-18)24(21)20-9-7-8-10-22(20)31-4/h7-14,17,21,24H,5-6,15-16H2,1-4H3,(H,26,29). The third-order valence-electron chi connectivity index (χ3n) is 6.07. The Hall–Kier alpha value is -3.02. The molecule has 6 nitrogen and oxygen atoms in total. The summed E-state index contributed by atoms with van der Waals surface area (Å²) in [7, 11) is 3.22. The number of para-hydroxylation sites is 1. The van der Waals surface area contributed by atoms with Gasteiger partial charge in [-0.3, -0.25) is 9.59 Å². The van der Waals surface area contributed by atoms with Crippen LogP contribution < -0.4 is 19.7 Å². The number of amides is 2. The molecule has 1 N–H and O–H groups in total. The average Bonchev–Trinajstić information content (AvgIpc) is 2.82. The van der Waals surface area contributed by atoms with E-state index in [9.17, 15) is 9.59 Å². The van der Waals surface area contributed by atoms with Crippen molar-refractivity contribution in [1.29, 1.82) is 0 Å². The molecule has 2 unspecified atom stereocenters. The predicted molar refractivity (Wildman–Crippen MR) is 121 cm³/mol. The second kappa shape index (κ2) is 10.3. The molecule has 3 rings (SSSR count).